The highest BCUT2D eigenvalue weighted by Gasteiger charge is 2.08. The lowest BCUT2D eigenvalue weighted by Gasteiger charge is -2.19. The summed E-state index contributed by atoms with van der Waals surface area (Å²) in [4.78, 5) is 14.5. The number of hydrogen-bond acceptors (Lipinski definition) is 4. The smallest absolute Gasteiger partial charge is 0.169 e. The minimum absolute atomic E-state index is 0.149. The Balaban J connectivity index is 1.89. The van der Waals surface area contributed by atoms with E-state index in [1.165, 1.54) is 16.9 Å². The van der Waals surface area contributed by atoms with Crippen LogP contribution < -0.4 is 0 Å². The lowest BCUT2D eigenvalue weighted by molar-refractivity contribution is 0.102. The van der Waals surface area contributed by atoms with Gasteiger partial charge in [0.2, 0.25) is 0 Å². The molecule has 19 heavy (non-hydrogen) atoms. The van der Waals surface area contributed by atoms with E-state index in [0.717, 1.165) is 31.1 Å². The van der Waals surface area contributed by atoms with Crippen LogP contribution in [0.15, 0.2) is 29.9 Å². The van der Waals surface area contributed by atoms with Gasteiger partial charge in [-0.15, -0.1) is 11.3 Å². The van der Waals surface area contributed by atoms with Crippen molar-refractivity contribution in [1.82, 2.24) is 14.7 Å². The lowest BCUT2D eigenvalue weighted by atomic mass is 10.2. The third-order valence-corrected chi connectivity index (χ3v) is 4.14. The summed E-state index contributed by atoms with van der Waals surface area (Å²) in [7, 11) is 0. The molecule has 4 nitrogen and oxygen atoms in total. The summed E-state index contributed by atoms with van der Waals surface area (Å²) in [5.74, 6) is 0.149. The summed E-state index contributed by atoms with van der Waals surface area (Å²) in [5.41, 5.74) is 1.22. The van der Waals surface area contributed by atoms with E-state index in [1.807, 2.05) is 23.0 Å². The highest BCUT2D eigenvalue weighted by Crippen LogP contribution is 2.16. The maximum Gasteiger partial charge on any atom is 0.169 e. The van der Waals surface area contributed by atoms with Crippen LogP contribution >= 0.6 is 11.3 Å². The molecule has 0 unspecified atom stereocenters. The number of nitrogens with zero attached hydrogens (tertiary/aromatic N) is 3. The second-order valence-corrected chi connectivity index (χ2v) is 5.42. The molecule has 0 fully saturated rings. The normalized spacial score (nSPS) is 11.1. The van der Waals surface area contributed by atoms with Crippen LogP contribution in [0.4, 0.5) is 0 Å². The molecule has 0 aliphatic carbocycles. The van der Waals surface area contributed by atoms with Crippen molar-refractivity contribution in [2.45, 2.75) is 26.9 Å². The monoisotopic (exact) mass is 277 g/mol. The second kappa shape index (κ2) is 6.63. The van der Waals surface area contributed by atoms with E-state index >= 15 is 0 Å². The van der Waals surface area contributed by atoms with Crippen LogP contribution in [-0.4, -0.2) is 33.6 Å². The van der Waals surface area contributed by atoms with Crippen molar-refractivity contribution in [3.63, 3.8) is 0 Å². The van der Waals surface area contributed by atoms with E-state index < -0.39 is 0 Å². The van der Waals surface area contributed by atoms with Crippen molar-refractivity contribution >= 4 is 17.1 Å². The van der Waals surface area contributed by atoms with Gasteiger partial charge in [0.1, 0.15) is 0 Å². The molecule has 5 heteroatoms. The number of likely N-dealkylation sites (N-methyl/N-ethyl adjacent to an activating group) is 1. The fourth-order valence-electron chi connectivity index (χ4n) is 1.93. The van der Waals surface area contributed by atoms with E-state index in [9.17, 15) is 4.79 Å². The second-order valence-electron chi connectivity index (χ2n) is 4.51. The van der Waals surface area contributed by atoms with Crippen molar-refractivity contribution in [3.8, 4) is 0 Å². The summed E-state index contributed by atoms with van der Waals surface area (Å²) >= 11 is 1.53. The summed E-state index contributed by atoms with van der Waals surface area (Å²) in [6.45, 7) is 7.51. The Kier molecular flexibility index (Phi) is 4.87. The van der Waals surface area contributed by atoms with Crippen LogP contribution in [0.2, 0.25) is 0 Å². The number of thiophene rings is 1. The average Bonchev–Trinajstić information content (AvgIpc) is 3.05. The highest BCUT2D eigenvalue weighted by atomic mass is 32.1. The minimum Gasteiger partial charge on any atom is -0.297 e. The zero-order chi connectivity index (χ0) is 13.7. The molecule has 0 saturated carbocycles. The summed E-state index contributed by atoms with van der Waals surface area (Å²) in [6.07, 6.45) is 3.78. The Morgan fingerprint density at radius 3 is 2.95 bits per heavy atom. The molecule has 0 aliphatic heterocycles. The van der Waals surface area contributed by atoms with Crippen molar-refractivity contribution in [1.29, 1.82) is 0 Å². The Hall–Kier alpha value is -1.46. The summed E-state index contributed by atoms with van der Waals surface area (Å²) < 4.78 is 1.94. The van der Waals surface area contributed by atoms with Crippen LogP contribution in [0.1, 0.15) is 29.1 Å². The molecule has 0 N–H and O–H groups in total. The molecule has 0 aromatic carbocycles. The third-order valence-electron chi connectivity index (χ3n) is 3.06. The molecule has 0 saturated heterocycles. The number of hydrogen-bond donors (Lipinski definition) is 0. The van der Waals surface area contributed by atoms with E-state index in [2.05, 4.69) is 22.3 Å². The van der Waals surface area contributed by atoms with Gasteiger partial charge in [0.15, 0.2) is 5.78 Å². The zero-order valence-electron chi connectivity index (χ0n) is 11.4. The molecular formula is C14H19N3OS. The first-order chi connectivity index (χ1) is 9.19. The van der Waals surface area contributed by atoms with Crippen molar-refractivity contribution < 1.29 is 4.79 Å². The Bertz CT molecular complexity index is 519. The first-order valence-corrected chi connectivity index (χ1v) is 7.35. The molecule has 0 radical (unpaired) electrons. The number of ketones is 1. The molecule has 0 spiro atoms. The predicted octanol–water partition coefficient (Wildman–Crippen LogP) is 2.67. The molecule has 2 aromatic heterocycles. The third kappa shape index (κ3) is 4.01. The van der Waals surface area contributed by atoms with Crippen molar-refractivity contribution in [2.24, 2.45) is 0 Å². The van der Waals surface area contributed by atoms with E-state index in [0.29, 0.717) is 0 Å². The average molecular weight is 277 g/mol. The van der Waals surface area contributed by atoms with Gasteiger partial charge in [0.05, 0.1) is 11.4 Å². The van der Waals surface area contributed by atoms with Gasteiger partial charge in [0.25, 0.3) is 0 Å². The number of carbonyl (C=O) groups is 1. The Morgan fingerprint density at radius 2 is 2.37 bits per heavy atom. The number of carbonyl (C=O) groups excluding carboxylic acids is 1. The van der Waals surface area contributed by atoms with Crippen LogP contribution in [0.3, 0.4) is 0 Å². The number of rotatable bonds is 7. The Morgan fingerprint density at radius 1 is 1.53 bits per heavy atom. The largest absolute Gasteiger partial charge is 0.297 e. The first kappa shape index (κ1) is 14.0. The van der Waals surface area contributed by atoms with Gasteiger partial charge in [-0.1, -0.05) is 6.92 Å². The SMILES string of the molecule is CCN(CCn1cccn1)Cc1csc(C(C)=O)c1. The highest BCUT2D eigenvalue weighted by molar-refractivity contribution is 7.12. The fourth-order valence-corrected chi connectivity index (χ4v) is 2.73. The van der Waals surface area contributed by atoms with Crippen LogP contribution in [0, 0.1) is 0 Å². The molecular weight excluding hydrogens is 258 g/mol. The van der Waals surface area contributed by atoms with E-state index in [-0.39, 0.29) is 5.78 Å². The van der Waals surface area contributed by atoms with Crippen LogP contribution in [0.25, 0.3) is 0 Å². The van der Waals surface area contributed by atoms with Gasteiger partial charge in [-0.25, -0.2) is 0 Å². The fraction of sp³-hybridized carbons (Fsp3) is 0.429. The molecule has 2 aromatic rings. The van der Waals surface area contributed by atoms with Crippen molar-refractivity contribution in [3.05, 3.63) is 40.3 Å². The van der Waals surface area contributed by atoms with Gasteiger partial charge in [-0.05, 0) is 36.5 Å². The van der Waals surface area contributed by atoms with Crippen molar-refractivity contribution in [2.75, 3.05) is 13.1 Å². The van der Waals surface area contributed by atoms with Gasteiger partial charge < -0.3 is 0 Å². The molecule has 0 amide bonds. The van der Waals surface area contributed by atoms with E-state index in [4.69, 9.17) is 0 Å². The molecule has 102 valence electrons. The maximum absolute atomic E-state index is 11.3. The lowest BCUT2D eigenvalue weighted by Crippen LogP contribution is -2.26. The predicted molar refractivity (Wildman–Crippen MR) is 77.5 cm³/mol. The quantitative estimate of drug-likeness (QED) is 0.730. The Labute approximate surface area is 117 Å². The zero-order valence-corrected chi connectivity index (χ0v) is 12.2. The maximum atomic E-state index is 11.3. The summed E-state index contributed by atoms with van der Waals surface area (Å²) in [6, 6.07) is 3.94. The molecule has 2 heterocycles. The van der Waals surface area contributed by atoms with E-state index in [1.54, 1.807) is 13.1 Å². The molecule has 0 atom stereocenters. The van der Waals surface area contributed by atoms with Gasteiger partial charge >= 0.3 is 0 Å². The minimum atomic E-state index is 0.149. The standard InChI is InChI=1S/C14H19N3OS/c1-3-16(7-8-17-6-4-5-15-17)10-13-9-14(12(2)18)19-11-13/h4-6,9,11H,3,7-8,10H2,1-2H3. The molecule has 2 rings (SSSR count). The van der Waals surface area contributed by atoms with Crippen LogP contribution in [-0.2, 0) is 13.1 Å². The number of aromatic nitrogens is 2. The van der Waals surface area contributed by atoms with Crippen LogP contribution in [0.5, 0.6) is 0 Å². The van der Waals surface area contributed by atoms with Gasteiger partial charge in [-0.2, -0.15) is 5.10 Å². The topological polar surface area (TPSA) is 38.1 Å². The first-order valence-electron chi connectivity index (χ1n) is 6.47. The summed E-state index contributed by atoms with van der Waals surface area (Å²) in [5, 5.41) is 6.28. The number of Topliss-reactive ketones (excluding diaryl/α,β-unsaturated/α-hetero) is 1. The van der Waals surface area contributed by atoms with Gasteiger partial charge in [-0.3, -0.25) is 14.4 Å². The molecule has 0 bridgehead atoms. The molecule has 0 aliphatic rings. The van der Waals surface area contributed by atoms with Gasteiger partial charge in [0, 0.05) is 25.5 Å².